The maximum atomic E-state index is 12.2. The number of carbonyl (C=O) groups excluding carboxylic acids is 1. The van der Waals surface area contributed by atoms with Crippen LogP contribution in [-0.4, -0.2) is 32.2 Å². The van der Waals surface area contributed by atoms with Gasteiger partial charge in [-0.1, -0.05) is 42.0 Å². The number of amides is 1. The second-order valence-corrected chi connectivity index (χ2v) is 6.67. The Hall–Kier alpha value is -2.59. The number of nitrogens with zero attached hydrogens (tertiary/aromatic N) is 1. The number of anilines is 1. The SMILES string of the molecule is Cc1ccc(/C=C/C(=O)N[C@@H](C)c2cccc(N3CCOCC3)c2)cc1. The van der Waals surface area contributed by atoms with Gasteiger partial charge in [0.2, 0.25) is 5.91 Å². The van der Waals surface area contributed by atoms with E-state index in [9.17, 15) is 4.79 Å². The number of ether oxygens (including phenoxy) is 1. The molecule has 0 radical (unpaired) electrons. The summed E-state index contributed by atoms with van der Waals surface area (Å²) in [5.74, 6) is -0.0881. The predicted molar refractivity (Wildman–Crippen MR) is 106 cm³/mol. The fourth-order valence-corrected chi connectivity index (χ4v) is 3.01. The maximum absolute atomic E-state index is 12.2. The molecule has 2 aromatic carbocycles. The van der Waals surface area contributed by atoms with Gasteiger partial charge in [-0.3, -0.25) is 4.79 Å². The van der Waals surface area contributed by atoms with Gasteiger partial charge in [0.25, 0.3) is 0 Å². The fourth-order valence-electron chi connectivity index (χ4n) is 3.01. The highest BCUT2D eigenvalue weighted by atomic mass is 16.5. The van der Waals surface area contributed by atoms with Gasteiger partial charge >= 0.3 is 0 Å². The van der Waals surface area contributed by atoms with Crippen LogP contribution in [0, 0.1) is 6.92 Å². The molecule has 1 fully saturated rings. The minimum Gasteiger partial charge on any atom is -0.378 e. The van der Waals surface area contributed by atoms with Crippen molar-refractivity contribution in [2.45, 2.75) is 19.9 Å². The molecule has 2 aromatic rings. The molecule has 1 amide bonds. The third-order valence-corrected chi connectivity index (χ3v) is 4.61. The summed E-state index contributed by atoms with van der Waals surface area (Å²) in [6.07, 6.45) is 3.43. The van der Waals surface area contributed by atoms with E-state index in [-0.39, 0.29) is 11.9 Å². The highest BCUT2D eigenvalue weighted by Gasteiger charge is 2.13. The quantitative estimate of drug-likeness (QED) is 0.836. The summed E-state index contributed by atoms with van der Waals surface area (Å²) in [5.41, 5.74) is 4.52. The zero-order valence-corrected chi connectivity index (χ0v) is 15.4. The van der Waals surface area contributed by atoms with Gasteiger partial charge in [-0.05, 0) is 43.2 Å². The standard InChI is InChI=1S/C22H26N2O2/c1-17-6-8-19(9-7-17)10-11-22(25)23-18(2)20-4-3-5-21(16-20)24-12-14-26-15-13-24/h3-11,16,18H,12-15H2,1-2H3,(H,23,25)/b11-10+/t18-/m0/s1. The summed E-state index contributed by atoms with van der Waals surface area (Å²) >= 11 is 0. The van der Waals surface area contributed by atoms with E-state index in [2.05, 4.69) is 28.4 Å². The highest BCUT2D eigenvalue weighted by Crippen LogP contribution is 2.21. The normalized spacial score (nSPS) is 15.8. The molecule has 3 rings (SSSR count). The summed E-state index contributed by atoms with van der Waals surface area (Å²) in [6, 6.07) is 16.4. The van der Waals surface area contributed by atoms with E-state index in [0.717, 1.165) is 37.4 Å². The summed E-state index contributed by atoms with van der Waals surface area (Å²) in [6.45, 7) is 7.40. The minimum absolute atomic E-state index is 0.0499. The van der Waals surface area contributed by atoms with E-state index in [1.807, 2.05) is 50.3 Å². The molecule has 1 aliphatic rings. The van der Waals surface area contributed by atoms with Crippen molar-refractivity contribution in [1.82, 2.24) is 5.32 Å². The molecule has 1 saturated heterocycles. The van der Waals surface area contributed by atoms with Gasteiger partial charge in [-0.15, -0.1) is 0 Å². The van der Waals surface area contributed by atoms with Crippen molar-refractivity contribution >= 4 is 17.7 Å². The van der Waals surface area contributed by atoms with Crippen molar-refractivity contribution in [1.29, 1.82) is 0 Å². The summed E-state index contributed by atoms with van der Waals surface area (Å²) in [5, 5.41) is 3.04. The molecular formula is C22H26N2O2. The van der Waals surface area contributed by atoms with Gasteiger partial charge in [-0.2, -0.15) is 0 Å². The lowest BCUT2D eigenvalue weighted by Gasteiger charge is -2.29. The van der Waals surface area contributed by atoms with E-state index >= 15 is 0 Å². The number of benzene rings is 2. The number of carbonyl (C=O) groups is 1. The van der Waals surface area contributed by atoms with Crippen molar-refractivity contribution in [3.63, 3.8) is 0 Å². The monoisotopic (exact) mass is 350 g/mol. The summed E-state index contributed by atoms with van der Waals surface area (Å²) < 4.78 is 5.42. The predicted octanol–water partition coefficient (Wildman–Crippen LogP) is 3.72. The van der Waals surface area contributed by atoms with E-state index in [1.165, 1.54) is 11.3 Å². The number of hydrogen-bond acceptors (Lipinski definition) is 3. The molecule has 0 spiro atoms. The average Bonchev–Trinajstić information content (AvgIpc) is 2.68. The molecule has 1 atom stereocenters. The average molecular weight is 350 g/mol. The van der Waals surface area contributed by atoms with Crippen molar-refractivity contribution in [3.05, 3.63) is 71.3 Å². The molecule has 4 heteroatoms. The van der Waals surface area contributed by atoms with Gasteiger partial charge in [0, 0.05) is 24.9 Å². The van der Waals surface area contributed by atoms with Gasteiger partial charge in [0.15, 0.2) is 0 Å². The Bertz CT molecular complexity index is 762. The third-order valence-electron chi connectivity index (χ3n) is 4.61. The zero-order chi connectivity index (χ0) is 18.4. The number of hydrogen-bond donors (Lipinski definition) is 1. The van der Waals surface area contributed by atoms with Crippen molar-refractivity contribution in [2.24, 2.45) is 0 Å². The van der Waals surface area contributed by atoms with Crippen LogP contribution >= 0.6 is 0 Å². The third kappa shape index (κ3) is 4.96. The van der Waals surface area contributed by atoms with Crippen LogP contribution in [-0.2, 0) is 9.53 Å². The Morgan fingerprint density at radius 1 is 1.15 bits per heavy atom. The second-order valence-electron chi connectivity index (χ2n) is 6.67. The molecule has 0 aliphatic carbocycles. The Morgan fingerprint density at radius 3 is 2.62 bits per heavy atom. The molecule has 0 unspecified atom stereocenters. The first-order chi connectivity index (χ1) is 12.6. The van der Waals surface area contributed by atoms with Crippen LogP contribution in [0.3, 0.4) is 0 Å². The maximum Gasteiger partial charge on any atom is 0.244 e. The molecule has 0 saturated carbocycles. The summed E-state index contributed by atoms with van der Waals surface area (Å²) in [7, 11) is 0. The molecule has 136 valence electrons. The molecule has 0 bridgehead atoms. The molecule has 4 nitrogen and oxygen atoms in total. The van der Waals surface area contributed by atoms with Gasteiger partial charge in [0.1, 0.15) is 0 Å². The van der Waals surface area contributed by atoms with Crippen LogP contribution in [0.15, 0.2) is 54.6 Å². The molecule has 1 N–H and O–H groups in total. The van der Waals surface area contributed by atoms with Crippen LogP contribution in [0.2, 0.25) is 0 Å². The Kier molecular flexibility index (Phi) is 6.08. The number of rotatable bonds is 5. The first kappa shape index (κ1) is 18.2. The lowest BCUT2D eigenvalue weighted by molar-refractivity contribution is -0.117. The topological polar surface area (TPSA) is 41.6 Å². The first-order valence-corrected chi connectivity index (χ1v) is 9.10. The number of nitrogens with one attached hydrogen (secondary N) is 1. The Labute approximate surface area is 155 Å². The van der Waals surface area contributed by atoms with E-state index in [4.69, 9.17) is 4.74 Å². The first-order valence-electron chi connectivity index (χ1n) is 9.10. The molecular weight excluding hydrogens is 324 g/mol. The minimum atomic E-state index is -0.0881. The van der Waals surface area contributed by atoms with Crippen LogP contribution in [0.25, 0.3) is 6.08 Å². The van der Waals surface area contributed by atoms with Gasteiger partial charge in [0.05, 0.1) is 19.3 Å². The summed E-state index contributed by atoms with van der Waals surface area (Å²) in [4.78, 5) is 14.5. The smallest absolute Gasteiger partial charge is 0.244 e. The molecule has 1 aliphatic heterocycles. The molecule has 0 aromatic heterocycles. The number of aryl methyl sites for hydroxylation is 1. The lowest BCUT2D eigenvalue weighted by Crippen LogP contribution is -2.36. The largest absolute Gasteiger partial charge is 0.378 e. The highest BCUT2D eigenvalue weighted by molar-refractivity contribution is 5.92. The van der Waals surface area contributed by atoms with Gasteiger partial charge < -0.3 is 15.0 Å². The lowest BCUT2D eigenvalue weighted by atomic mass is 10.1. The van der Waals surface area contributed by atoms with E-state index in [1.54, 1.807) is 6.08 Å². The van der Waals surface area contributed by atoms with Gasteiger partial charge in [-0.25, -0.2) is 0 Å². The van der Waals surface area contributed by atoms with E-state index in [0.29, 0.717) is 0 Å². The van der Waals surface area contributed by atoms with Crippen molar-refractivity contribution in [3.8, 4) is 0 Å². The van der Waals surface area contributed by atoms with Crippen LogP contribution in [0.4, 0.5) is 5.69 Å². The number of morpholine rings is 1. The fraction of sp³-hybridized carbons (Fsp3) is 0.318. The Balaban J connectivity index is 1.61. The van der Waals surface area contributed by atoms with E-state index < -0.39 is 0 Å². The second kappa shape index (κ2) is 8.68. The Morgan fingerprint density at radius 2 is 1.88 bits per heavy atom. The molecule has 1 heterocycles. The van der Waals surface area contributed by atoms with Crippen LogP contribution in [0.1, 0.15) is 29.7 Å². The zero-order valence-electron chi connectivity index (χ0n) is 15.4. The van der Waals surface area contributed by atoms with Crippen LogP contribution < -0.4 is 10.2 Å². The van der Waals surface area contributed by atoms with Crippen molar-refractivity contribution in [2.75, 3.05) is 31.2 Å². The molecule has 26 heavy (non-hydrogen) atoms. The van der Waals surface area contributed by atoms with Crippen LogP contribution in [0.5, 0.6) is 0 Å². The van der Waals surface area contributed by atoms with Crippen molar-refractivity contribution < 1.29 is 9.53 Å².